The van der Waals surface area contributed by atoms with Gasteiger partial charge in [-0.1, -0.05) is 38.7 Å². The van der Waals surface area contributed by atoms with Crippen molar-refractivity contribution in [3.8, 4) is 11.5 Å². The highest BCUT2D eigenvalue weighted by Crippen LogP contribution is 2.26. The Kier molecular flexibility index (Phi) is 6.26. The quantitative estimate of drug-likeness (QED) is 0.452. The predicted octanol–water partition coefficient (Wildman–Crippen LogP) is 3.97. The highest BCUT2D eigenvalue weighted by atomic mass is 16.5. The van der Waals surface area contributed by atoms with E-state index in [2.05, 4.69) is 6.92 Å². The zero-order valence-corrected chi connectivity index (χ0v) is 11.2. The second-order valence-corrected chi connectivity index (χ2v) is 4.54. The second kappa shape index (κ2) is 7.75. The number of hydrogen-bond acceptors (Lipinski definition) is 3. The first-order valence-corrected chi connectivity index (χ1v) is 6.64. The summed E-state index contributed by atoms with van der Waals surface area (Å²) in [5.74, 6) is 0.386. The Morgan fingerprint density at radius 2 is 1.94 bits per heavy atom. The molecule has 0 unspecified atom stereocenters. The first-order chi connectivity index (χ1) is 8.65. The lowest BCUT2D eigenvalue weighted by atomic mass is 10.1. The van der Waals surface area contributed by atoms with Crippen molar-refractivity contribution < 1.29 is 14.6 Å². The van der Waals surface area contributed by atoms with E-state index in [4.69, 9.17) is 4.74 Å². The van der Waals surface area contributed by atoms with Gasteiger partial charge in [-0.15, -0.1) is 0 Å². The van der Waals surface area contributed by atoms with Crippen molar-refractivity contribution in [3.05, 3.63) is 23.8 Å². The molecule has 1 rings (SSSR count). The van der Waals surface area contributed by atoms with Crippen LogP contribution in [0.1, 0.15) is 51.0 Å². The van der Waals surface area contributed by atoms with Gasteiger partial charge in [0, 0.05) is 12.0 Å². The van der Waals surface area contributed by atoms with E-state index in [1.54, 1.807) is 25.1 Å². The van der Waals surface area contributed by atoms with E-state index < -0.39 is 0 Å². The SMILES string of the molecule is CCCCCCCC(=O)Oc1cccc(O)c1C. The van der Waals surface area contributed by atoms with Crippen molar-refractivity contribution >= 4 is 5.97 Å². The predicted molar refractivity (Wildman–Crippen MR) is 71.9 cm³/mol. The van der Waals surface area contributed by atoms with Gasteiger partial charge in [-0.3, -0.25) is 4.79 Å². The van der Waals surface area contributed by atoms with Gasteiger partial charge in [0.15, 0.2) is 0 Å². The number of ether oxygens (including phenoxy) is 1. The number of phenols is 1. The van der Waals surface area contributed by atoms with Gasteiger partial charge in [0.05, 0.1) is 0 Å². The van der Waals surface area contributed by atoms with E-state index in [0.29, 0.717) is 17.7 Å². The molecule has 0 radical (unpaired) electrons. The number of aromatic hydroxyl groups is 1. The molecule has 0 aliphatic rings. The van der Waals surface area contributed by atoms with Crippen LogP contribution in [0.3, 0.4) is 0 Å². The third-order valence-electron chi connectivity index (χ3n) is 2.96. The molecule has 0 fully saturated rings. The molecule has 1 aromatic carbocycles. The zero-order valence-electron chi connectivity index (χ0n) is 11.2. The number of unbranched alkanes of at least 4 members (excludes halogenated alkanes) is 4. The van der Waals surface area contributed by atoms with Gasteiger partial charge in [-0.2, -0.15) is 0 Å². The Labute approximate surface area is 109 Å². The Balaban J connectivity index is 2.34. The maximum Gasteiger partial charge on any atom is 0.311 e. The van der Waals surface area contributed by atoms with E-state index in [9.17, 15) is 9.90 Å². The molecule has 3 nitrogen and oxygen atoms in total. The van der Waals surface area contributed by atoms with Gasteiger partial charge in [0.25, 0.3) is 0 Å². The number of carbonyl (C=O) groups is 1. The van der Waals surface area contributed by atoms with Gasteiger partial charge in [0.2, 0.25) is 0 Å². The number of benzene rings is 1. The van der Waals surface area contributed by atoms with Crippen LogP contribution in [0.15, 0.2) is 18.2 Å². The summed E-state index contributed by atoms with van der Waals surface area (Å²) in [5.41, 5.74) is 0.608. The fourth-order valence-electron chi connectivity index (χ4n) is 1.76. The van der Waals surface area contributed by atoms with Crippen LogP contribution >= 0.6 is 0 Å². The van der Waals surface area contributed by atoms with Gasteiger partial charge in [0.1, 0.15) is 11.5 Å². The molecule has 0 heterocycles. The van der Waals surface area contributed by atoms with Crippen LogP contribution in [-0.2, 0) is 4.79 Å². The monoisotopic (exact) mass is 250 g/mol. The summed E-state index contributed by atoms with van der Waals surface area (Å²) in [6.07, 6.45) is 5.99. The largest absolute Gasteiger partial charge is 0.508 e. The number of hydrogen-bond donors (Lipinski definition) is 1. The van der Waals surface area contributed by atoms with E-state index in [0.717, 1.165) is 12.8 Å². The lowest BCUT2D eigenvalue weighted by molar-refractivity contribution is -0.134. The molecule has 1 N–H and O–H groups in total. The first-order valence-electron chi connectivity index (χ1n) is 6.64. The zero-order chi connectivity index (χ0) is 13.4. The summed E-state index contributed by atoms with van der Waals surface area (Å²) in [4.78, 5) is 11.6. The van der Waals surface area contributed by atoms with E-state index >= 15 is 0 Å². The van der Waals surface area contributed by atoms with Crippen LogP contribution in [0, 0.1) is 6.92 Å². The van der Waals surface area contributed by atoms with Gasteiger partial charge < -0.3 is 9.84 Å². The minimum Gasteiger partial charge on any atom is -0.508 e. The minimum absolute atomic E-state index is 0.156. The van der Waals surface area contributed by atoms with Crippen molar-refractivity contribution in [1.82, 2.24) is 0 Å². The van der Waals surface area contributed by atoms with Crippen LogP contribution in [0.5, 0.6) is 11.5 Å². The molecular weight excluding hydrogens is 228 g/mol. The topological polar surface area (TPSA) is 46.5 Å². The Morgan fingerprint density at radius 3 is 2.67 bits per heavy atom. The summed E-state index contributed by atoms with van der Waals surface area (Å²) in [6.45, 7) is 3.90. The molecule has 0 saturated carbocycles. The third kappa shape index (κ3) is 4.78. The average molecular weight is 250 g/mol. The molecule has 0 aromatic heterocycles. The first kappa shape index (κ1) is 14.6. The smallest absolute Gasteiger partial charge is 0.311 e. The van der Waals surface area contributed by atoms with Crippen LogP contribution in [0.25, 0.3) is 0 Å². The molecule has 0 aliphatic heterocycles. The Morgan fingerprint density at radius 1 is 1.22 bits per heavy atom. The van der Waals surface area contributed by atoms with Crippen molar-refractivity contribution in [2.75, 3.05) is 0 Å². The average Bonchev–Trinajstić information content (AvgIpc) is 2.35. The molecule has 100 valence electrons. The molecule has 18 heavy (non-hydrogen) atoms. The Bertz CT molecular complexity index is 385. The lowest BCUT2D eigenvalue weighted by Gasteiger charge is -2.08. The fourth-order valence-corrected chi connectivity index (χ4v) is 1.76. The molecule has 1 aromatic rings. The summed E-state index contributed by atoms with van der Waals surface area (Å²) in [5, 5.41) is 9.49. The van der Waals surface area contributed by atoms with Crippen LogP contribution in [0.4, 0.5) is 0 Å². The summed E-state index contributed by atoms with van der Waals surface area (Å²) >= 11 is 0. The maximum atomic E-state index is 11.6. The summed E-state index contributed by atoms with van der Waals surface area (Å²) in [6, 6.07) is 4.95. The molecule has 0 spiro atoms. The normalized spacial score (nSPS) is 10.3. The van der Waals surface area contributed by atoms with Crippen molar-refractivity contribution in [1.29, 1.82) is 0 Å². The van der Waals surface area contributed by atoms with Gasteiger partial charge >= 0.3 is 5.97 Å². The maximum absolute atomic E-state index is 11.6. The van der Waals surface area contributed by atoms with Crippen molar-refractivity contribution in [2.45, 2.75) is 52.4 Å². The highest BCUT2D eigenvalue weighted by molar-refractivity contribution is 5.73. The van der Waals surface area contributed by atoms with Crippen LogP contribution < -0.4 is 4.74 Å². The molecule has 3 heteroatoms. The van der Waals surface area contributed by atoms with Crippen LogP contribution in [0.2, 0.25) is 0 Å². The molecular formula is C15H22O3. The highest BCUT2D eigenvalue weighted by Gasteiger charge is 2.08. The van der Waals surface area contributed by atoms with E-state index in [-0.39, 0.29) is 11.7 Å². The molecule has 0 saturated heterocycles. The standard InChI is InChI=1S/C15H22O3/c1-3-4-5-6-7-11-15(17)18-14-10-8-9-13(16)12(14)2/h8-10,16H,3-7,11H2,1-2H3. The number of rotatable bonds is 7. The van der Waals surface area contributed by atoms with Crippen molar-refractivity contribution in [3.63, 3.8) is 0 Å². The summed E-state index contributed by atoms with van der Waals surface area (Å²) < 4.78 is 5.23. The molecule has 0 amide bonds. The third-order valence-corrected chi connectivity index (χ3v) is 2.96. The Hall–Kier alpha value is -1.51. The van der Waals surface area contributed by atoms with Gasteiger partial charge in [-0.25, -0.2) is 0 Å². The molecule has 0 bridgehead atoms. The van der Waals surface area contributed by atoms with E-state index in [1.165, 1.54) is 19.3 Å². The number of phenolic OH excluding ortho intramolecular Hbond substituents is 1. The van der Waals surface area contributed by atoms with Gasteiger partial charge in [-0.05, 0) is 25.5 Å². The lowest BCUT2D eigenvalue weighted by Crippen LogP contribution is -2.08. The number of esters is 1. The number of carbonyl (C=O) groups excluding carboxylic acids is 1. The van der Waals surface area contributed by atoms with Crippen LogP contribution in [-0.4, -0.2) is 11.1 Å². The molecule has 0 atom stereocenters. The van der Waals surface area contributed by atoms with Crippen molar-refractivity contribution in [2.24, 2.45) is 0 Å². The molecule has 0 aliphatic carbocycles. The fraction of sp³-hybridized carbons (Fsp3) is 0.533. The second-order valence-electron chi connectivity index (χ2n) is 4.54. The summed E-state index contributed by atoms with van der Waals surface area (Å²) in [7, 11) is 0. The minimum atomic E-state index is -0.222. The van der Waals surface area contributed by atoms with E-state index in [1.807, 2.05) is 0 Å².